The minimum atomic E-state index is -0.183. The van der Waals surface area contributed by atoms with Crippen molar-refractivity contribution in [3.63, 3.8) is 0 Å². The Morgan fingerprint density at radius 2 is 1.96 bits per heavy atom. The summed E-state index contributed by atoms with van der Waals surface area (Å²) in [6.07, 6.45) is 1.42. The monoisotopic (exact) mass is 310 g/mol. The van der Waals surface area contributed by atoms with Crippen molar-refractivity contribution in [3.8, 4) is 5.75 Å². The van der Waals surface area contributed by atoms with E-state index in [2.05, 4.69) is 5.32 Å². The minimum absolute atomic E-state index is 0.101. The molecule has 2 aromatic carbocycles. The fourth-order valence-electron chi connectivity index (χ4n) is 2.67. The number of carbonyl (C=O) groups is 2. The van der Waals surface area contributed by atoms with Crippen LogP contribution in [0, 0.1) is 0 Å². The Balaban J connectivity index is 1.82. The van der Waals surface area contributed by atoms with Crippen LogP contribution in [0.3, 0.4) is 0 Å². The first kappa shape index (κ1) is 15.1. The van der Waals surface area contributed by atoms with Gasteiger partial charge in [-0.05, 0) is 30.7 Å². The standard InChI is InChI=1S/C18H18N2O3/c1-23-16-12-14(19-18(22)13-6-3-2-4-7-13)9-10-15(16)20-11-5-8-17(20)21/h2-4,6-7,9-10,12H,5,8,11H2,1H3,(H,19,22). The zero-order valence-corrected chi connectivity index (χ0v) is 12.9. The first-order chi connectivity index (χ1) is 11.2. The number of nitrogens with one attached hydrogen (secondary N) is 1. The third kappa shape index (κ3) is 3.18. The summed E-state index contributed by atoms with van der Waals surface area (Å²) in [5, 5.41) is 2.84. The van der Waals surface area contributed by atoms with Crippen molar-refractivity contribution < 1.29 is 14.3 Å². The molecule has 1 saturated heterocycles. The van der Waals surface area contributed by atoms with E-state index < -0.39 is 0 Å². The Hall–Kier alpha value is -2.82. The van der Waals surface area contributed by atoms with Gasteiger partial charge in [0.25, 0.3) is 5.91 Å². The molecule has 2 amide bonds. The van der Waals surface area contributed by atoms with E-state index in [0.29, 0.717) is 30.0 Å². The molecule has 5 heteroatoms. The number of rotatable bonds is 4. The molecule has 118 valence electrons. The van der Waals surface area contributed by atoms with Gasteiger partial charge in [-0.3, -0.25) is 9.59 Å². The summed E-state index contributed by atoms with van der Waals surface area (Å²) in [5.74, 6) is 0.494. The summed E-state index contributed by atoms with van der Waals surface area (Å²) in [5.41, 5.74) is 1.96. The number of nitrogens with zero attached hydrogens (tertiary/aromatic N) is 1. The molecule has 1 N–H and O–H groups in total. The topological polar surface area (TPSA) is 58.6 Å². The average molecular weight is 310 g/mol. The van der Waals surface area contributed by atoms with Gasteiger partial charge in [-0.2, -0.15) is 0 Å². The molecule has 1 fully saturated rings. The number of benzene rings is 2. The molecule has 0 aromatic heterocycles. The molecule has 1 aliphatic heterocycles. The predicted molar refractivity (Wildman–Crippen MR) is 89.0 cm³/mol. The number of anilines is 2. The van der Waals surface area contributed by atoms with Crippen molar-refractivity contribution in [2.75, 3.05) is 23.9 Å². The second kappa shape index (κ2) is 6.52. The number of carbonyl (C=O) groups excluding carboxylic acids is 2. The lowest BCUT2D eigenvalue weighted by Crippen LogP contribution is -2.24. The summed E-state index contributed by atoms with van der Waals surface area (Å²) in [7, 11) is 1.56. The number of amides is 2. The van der Waals surface area contributed by atoms with Gasteiger partial charge in [0.1, 0.15) is 5.75 Å². The molecule has 0 saturated carbocycles. The summed E-state index contributed by atoms with van der Waals surface area (Å²) < 4.78 is 5.39. The Bertz CT molecular complexity index is 728. The zero-order valence-electron chi connectivity index (χ0n) is 12.9. The number of hydrogen-bond donors (Lipinski definition) is 1. The third-order valence-electron chi connectivity index (χ3n) is 3.84. The summed E-state index contributed by atoms with van der Waals surface area (Å²) in [6, 6.07) is 14.3. The fraction of sp³-hybridized carbons (Fsp3) is 0.222. The molecule has 2 aromatic rings. The Labute approximate surface area is 134 Å². The SMILES string of the molecule is COc1cc(NC(=O)c2ccccc2)ccc1N1CCCC1=O. The predicted octanol–water partition coefficient (Wildman–Crippen LogP) is 3.07. The maximum Gasteiger partial charge on any atom is 0.255 e. The lowest BCUT2D eigenvalue weighted by molar-refractivity contribution is -0.117. The highest BCUT2D eigenvalue weighted by Gasteiger charge is 2.24. The van der Waals surface area contributed by atoms with Crippen molar-refractivity contribution in [1.29, 1.82) is 0 Å². The van der Waals surface area contributed by atoms with E-state index in [-0.39, 0.29) is 11.8 Å². The van der Waals surface area contributed by atoms with Crippen molar-refractivity contribution in [3.05, 3.63) is 54.1 Å². The quantitative estimate of drug-likeness (QED) is 0.944. The minimum Gasteiger partial charge on any atom is -0.494 e. The highest BCUT2D eigenvalue weighted by atomic mass is 16.5. The average Bonchev–Trinajstić information content (AvgIpc) is 3.01. The van der Waals surface area contributed by atoms with Gasteiger partial charge < -0.3 is 15.0 Å². The van der Waals surface area contributed by atoms with Crippen LogP contribution in [0.25, 0.3) is 0 Å². The normalized spacial score (nSPS) is 14.0. The molecule has 5 nitrogen and oxygen atoms in total. The zero-order chi connectivity index (χ0) is 16.2. The van der Waals surface area contributed by atoms with E-state index in [1.807, 2.05) is 24.3 Å². The molecule has 1 heterocycles. The van der Waals surface area contributed by atoms with E-state index in [4.69, 9.17) is 4.74 Å². The van der Waals surface area contributed by atoms with Gasteiger partial charge in [0.05, 0.1) is 12.8 Å². The Kier molecular flexibility index (Phi) is 4.28. The van der Waals surface area contributed by atoms with Crippen LogP contribution in [-0.2, 0) is 4.79 Å². The van der Waals surface area contributed by atoms with Gasteiger partial charge in [0.2, 0.25) is 5.91 Å². The lowest BCUT2D eigenvalue weighted by atomic mass is 10.2. The maximum absolute atomic E-state index is 12.2. The van der Waals surface area contributed by atoms with E-state index in [9.17, 15) is 9.59 Å². The van der Waals surface area contributed by atoms with Crippen LogP contribution in [0.15, 0.2) is 48.5 Å². The highest BCUT2D eigenvalue weighted by Crippen LogP contribution is 2.33. The molecule has 0 aliphatic carbocycles. The van der Waals surface area contributed by atoms with Gasteiger partial charge in [0, 0.05) is 30.3 Å². The van der Waals surface area contributed by atoms with Crippen LogP contribution < -0.4 is 15.0 Å². The van der Waals surface area contributed by atoms with Crippen LogP contribution >= 0.6 is 0 Å². The number of methoxy groups -OCH3 is 1. The van der Waals surface area contributed by atoms with Crippen molar-refractivity contribution in [2.24, 2.45) is 0 Å². The van der Waals surface area contributed by atoms with Crippen LogP contribution in [-0.4, -0.2) is 25.5 Å². The molecule has 3 rings (SSSR count). The van der Waals surface area contributed by atoms with Crippen LogP contribution in [0.2, 0.25) is 0 Å². The van der Waals surface area contributed by atoms with E-state index >= 15 is 0 Å². The van der Waals surface area contributed by atoms with Crippen LogP contribution in [0.5, 0.6) is 5.75 Å². The van der Waals surface area contributed by atoms with Crippen LogP contribution in [0.4, 0.5) is 11.4 Å². The number of ether oxygens (including phenoxy) is 1. The molecular weight excluding hydrogens is 292 g/mol. The summed E-state index contributed by atoms with van der Waals surface area (Å²) in [6.45, 7) is 0.699. The van der Waals surface area contributed by atoms with Gasteiger partial charge in [-0.25, -0.2) is 0 Å². The van der Waals surface area contributed by atoms with Crippen molar-refractivity contribution in [2.45, 2.75) is 12.8 Å². The van der Waals surface area contributed by atoms with Gasteiger partial charge in [0.15, 0.2) is 0 Å². The van der Waals surface area contributed by atoms with Crippen LogP contribution in [0.1, 0.15) is 23.2 Å². The Morgan fingerprint density at radius 1 is 1.17 bits per heavy atom. The van der Waals surface area contributed by atoms with Gasteiger partial charge >= 0.3 is 0 Å². The largest absolute Gasteiger partial charge is 0.494 e. The smallest absolute Gasteiger partial charge is 0.255 e. The molecule has 0 radical (unpaired) electrons. The highest BCUT2D eigenvalue weighted by molar-refractivity contribution is 6.04. The van der Waals surface area contributed by atoms with Crippen molar-refractivity contribution in [1.82, 2.24) is 0 Å². The first-order valence-electron chi connectivity index (χ1n) is 7.54. The molecule has 0 bridgehead atoms. The van der Waals surface area contributed by atoms with Gasteiger partial charge in [-0.15, -0.1) is 0 Å². The molecule has 0 unspecified atom stereocenters. The maximum atomic E-state index is 12.2. The van der Waals surface area contributed by atoms with E-state index in [1.165, 1.54) is 0 Å². The van der Waals surface area contributed by atoms with Crippen molar-refractivity contribution >= 4 is 23.2 Å². The summed E-state index contributed by atoms with van der Waals surface area (Å²) in [4.78, 5) is 25.8. The molecule has 23 heavy (non-hydrogen) atoms. The molecular formula is C18H18N2O3. The molecule has 1 aliphatic rings. The van der Waals surface area contributed by atoms with E-state index in [1.54, 1.807) is 36.3 Å². The molecule has 0 atom stereocenters. The van der Waals surface area contributed by atoms with Gasteiger partial charge in [-0.1, -0.05) is 18.2 Å². The second-order valence-electron chi connectivity index (χ2n) is 5.36. The fourth-order valence-corrected chi connectivity index (χ4v) is 2.67. The third-order valence-corrected chi connectivity index (χ3v) is 3.84. The van der Waals surface area contributed by atoms with E-state index in [0.717, 1.165) is 12.1 Å². The molecule has 0 spiro atoms. The first-order valence-corrected chi connectivity index (χ1v) is 7.54. The Morgan fingerprint density at radius 3 is 2.61 bits per heavy atom. The number of hydrogen-bond acceptors (Lipinski definition) is 3. The lowest BCUT2D eigenvalue weighted by Gasteiger charge is -2.19. The summed E-state index contributed by atoms with van der Waals surface area (Å²) >= 11 is 0. The second-order valence-corrected chi connectivity index (χ2v) is 5.36.